The summed E-state index contributed by atoms with van der Waals surface area (Å²) in [5, 5.41) is 32.6. The van der Waals surface area contributed by atoms with Gasteiger partial charge in [0.2, 0.25) is 0 Å². The number of para-hydroxylation sites is 3. The number of nitrogens with zero attached hydrogens (tertiary/aromatic N) is 6. The first-order valence-corrected chi connectivity index (χ1v) is 20.9. The molecule has 62 heavy (non-hydrogen) atoms. The Morgan fingerprint density at radius 2 is 0.597 bits per heavy atom. The second kappa shape index (κ2) is 18.6. The van der Waals surface area contributed by atoms with Crippen LogP contribution in [0.5, 0.6) is 0 Å². The molecule has 0 aliphatic carbocycles. The maximum Gasteiger partial charge on any atom is 3.00 e. The predicted octanol–water partition coefficient (Wildman–Crippen LogP) is 13.6. The zero-order valence-corrected chi connectivity index (χ0v) is 34.8. The van der Waals surface area contributed by atoms with E-state index in [2.05, 4.69) is 81.9 Å². The van der Waals surface area contributed by atoms with Crippen LogP contribution in [-0.4, -0.2) is 52.7 Å². The van der Waals surface area contributed by atoms with Crippen LogP contribution in [0.2, 0.25) is 0 Å². The number of rotatable bonds is 3. The van der Waals surface area contributed by atoms with Gasteiger partial charge in [0.25, 0.3) is 0 Å². The van der Waals surface area contributed by atoms with Crippen LogP contribution in [0.3, 0.4) is 0 Å². The zero-order valence-electron chi connectivity index (χ0n) is 31.2. The third-order valence-electron chi connectivity index (χ3n) is 7.23. The van der Waals surface area contributed by atoms with Gasteiger partial charge in [-0.2, -0.15) is 22.4 Å². The van der Waals surface area contributed by atoms with E-state index in [1.54, 1.807) is 18.6 Å². The van der Waals surface area contributed by atoms with E-state index < -0.39 is 15.6 Å². The molecule has 331 valence electrons. The first-order chi connectivity index (χ1) is 28.2. The van der Waals surface area contributed by atoms with E-state index in [4.69, 9.17) is 5.11 Å². The number of fused-ring (bicyclic) bond motifs is 3. The van der Waals surface area contributed by atoms with Crippen molar-refractivity contribution in [2.45, 2.75) is 0 Å². The van der Waals surface area contributed by atoms with Crippen LogP contribution in [0, 0.1) is 0 Å². The molecule has 6 aromatic heterocycles. The van der Waals surface area contributed by atoms with Gasteiger partial charge in [0.1, 0.15) is 0 Å². The summed E-state index contributed by atoms with van der Waals surface area (Å²) in [6.45, 7) is 0. The molecule has 10 nitrogen and oxygen atoms in total. The normalized spacial score (nSPS) is 13.1. The van der Waals surface area contributed by atoms with Gasteiger partial charge in [-0.1, -0.05) is 72.8 Å². The number of aromatic amines is 3. The molecule has 0 aliphatic heterocycles. The molecule has 25 heteroatoms. The molecule has 1 radical (unpaired) electrons. The monoisotopic (exact) mass is 1010 g/mol. The molecule has 9 rings (SSSR count). The topological polar surface area (TPSA) is 148 Å². The Morgan fingerprint density at radius 1 is 0.371 bits per heavy atom. The Labute approximate surface area is 355 Å². The number of H-pyrrole nitrogens is 3. The van der Waals surface area contributed by atoms with Crippen LogP contribution in [0.4, 0.5) is 50.4 Å². The number of pyridine rings is 3. The largest absolute Gasteiger partial charge is 3.00 e. The number of nitrogens with one attached hydrogen (secondary N) is 3. The fourth-order valence-electron chi connectivity index (χ4n) is 5.16. The van der Waals surface area contributed by atoms with Gasteiger partial charge in [-0.3, -0.25) is 30.2 Å². The van der Waals surface area contributed by atoms with E-state index in [1.807, 2.05) is 91.4 Å². The van der Waals surface area contributed by atoms with Gasteiger partial charge in [-0.05, 0) is 36.4 Å². The van der Waals surface area contributed by atoms with E-state index >= 15 is 0 Å². The third-order valence-corrected chi connectivity index (χ3v) is 7.23. The van der Waals surface area contributed by atoms with Crippen LogP contribution in [0.15, 0.2) is 146 Å². The molecule has 0 aliphatic rings. The van der Waals surface area contributed by atoms with Gasteiger partial charge in [-0.15, -0.1) is 0 Å². The fraction of sp³-hybridized carbons (Fsp3) is 0.0270. The molecule has 0 amide bonds. The minimum absolute atomic E-state index is 0. The summed E-state index contributed by atoms with van der Waals surface area (Å²) in [4.78, 5) is 13.1. The Kier molecular flexibility index (Phi) is 15.2. The van der Waals surface area contributed by atoms with Crippen molar-refractivity contribution in [1.29, 1.82) is 0 Å². The first kappa shape index (κ1) is 50.5. The number of halogens is 12. The molecule has 3 aromatic carbocycles. The van der Waals surface area contributed by atoms with Crippen molar-refractivity contribution in [2.75, 3.05) is 7.11 Å². The van der Waals surface area contributed by atoms with Crippen molar-refractivity contribution < 1.29 is 74.9 Å². The second-order valence-corrected chi connectivity index (χ2v) is 15.8. The molecule has 0 unspecified atom stereocenters. The van der Waals surface area contributed by atoms with Gasteiger partial charge in [-0.25, -0.2) is 0 Å². The van der Waals surface area contributed by atoms with E-state index in [9.17, 15) is 50.4 Å². The average molecular weight is 1010 g/mol. The molecule has 9 aromatic rings. The van der Waals surface area contributed by atoms with Crippen LogP contribution in [0.25, 0.3) is 66.5 Å². The van der Waals surface area contributed by atoms with Crippen molar-refractivity contribution in [1.82, 2.24) is 45.5 Å². The minimum atomic E-state index is -10.7. The number of benzene rings is 3. The van der Waals surface area contributed by atoms with Crippen LogP contribution < -0.4 is 5.11 Å². The molecule has 0 saturated carbocycles. The minimum Gasteiger partial charge on any atom is -0.285 e. The van der Waals surface area contributed by atoms with Gasteiger partial charge in [0.05, 0.1) is 33.6 Å². The molecule has 0 saturated heterocycles. The number of aromatic nitrogens is 9. The van der Waals surface area contributed by atoms with E-state index in [0.717, 1.165) is 73.6 Å². The smallest absolute Gasteiger partial charge is 0.285 e. The molecule has 6 heterocycles. The Morgan fingerprint density at radius 3 is 0.806 bits per heavy atom. The summed E-state index contributed by atoms with van der Waals surface area (Å²) in [6.07, 6.45) is 10.9. The van der Waals surface area contributed by atoms with Crippen molar-refractivity contribution in [3.63, 3.8) is 0 Å². The summed E-state index contributed by atoms with van der Waals surface area (Å²) in [5.74, 6) is 0. The summed E-state index contributed by atoms with van der Waals surface area (Å²) in [7, 11) is -20.6. The maximum absolute atomic E-state index is 10.7. The fourth-order valence-corrected chi connectivity index (χ4v) is 5.16. The zero-order chi connectivity index (χ0) is 45.1. The van der Waals surface area contributed by atoms with Crippen molar-refractivity contribution >= 4 is 48.3 Å². The standard InChI is InChI=1S/3C12H9N3.CH3O.2F6P.Ru/c3*1-3-9-4-2-7-13-12(9)10(5-1)11-6-8-14-15-11;1-2;2*1-7(2,3,4,5)6;/h3*1-8H,(H,14,15);1H3;;;/q;;;3*-1;+3. The van der Waals surface area contributed by atoms with Crippen molar-refractivity contribution in [2.24, 2.45) is 0 Å². The molecule has 3 N–H and O–H groups in total. The average Bonchev–Trinajstić information content (AvgIpc) is 4.02. The molecule has 0 atom stereocenters. The summed E-state index contributed by atoms with van der Waals surface area (Å²) in [6, 6.07) is 36.2. The number of hydrogen-bond acceptors (Lipinski definition) is 7. The van der Waals surface area contributed by atoms with Gasteiger partial charge < -0.3 is 5.11 Å². The summed E-state index contributed by atoms with van der Waals surface area (Å²) < 4.78 is 118. The van der Waals surface area contributed by atoms with Crippen molar-refractivity contribution in [3.8, 4) is 33.8 Å². The SMILES string of the molecule is C[O-].F[P-](F)(F)(F)(F)F.F[P-](F)(F)(F)(F)F.[Ru+3].c1cnc2c(-c3cc[nH]n3)cccc2c1.c1cnc2c(-c3cc[nH]n3)cccc2c1.c1cnc2c(-c3cc[nH]n3)cccc2c1. The number of hydrogen-bond donors (Lipinski definition) is 3. The Hall–Kier alpha value is -5.88. The molecule has 0 spiro atoms. The molecule has 0 fully saturated rings. The molecule has 0 bridgehead atoms. The van der Waals surface area contributed by atoms with Gasteiger partial charge >= 0.3 is 85.5 Å². The quantitative estimate of drug-likeness (QED) is 0.0907. The first-order valence-electron chi connectivity index (χ1n) is 16.8. The maximum atomic E-state index is 9.87. The van der Waals surface area contributed by atoms with Gasteiger partial charge in [0, 0.05) is 70.0 Å². The Balaban J connectivity index is 0.000000211. The predicted molar refractivity (Wildman–Crippen MR) is 211 cm³/mol. The Bertz CT molecular complexity index is 2460. The van der Waals surface area contributed by atoms with Crippen LogP contribution in [-0.2, 0) is 19.5 Å². The van der Waals surface area contributed by atoms with E-state index in [0.29, 0.717) is 0 Å². The van der Waals surface area contributed by atoms with Crippen LogP contribution in [0.1, 0.15) is 0 Å². The van der Waals surface area contributed by atoms with Gasteiger partial charge in [0.15, 0.2) is 0 Å². The van der Waals surface area contributed by atoms with Crippen LogP contribution >= 0.6 is 15.6 Å². The third kappa shape index (κ3) is 18.8. The molecular formula is C37H30F12N9OP2Ru. The summed E-state index contributed by atoms with van der Waals surface area (Å²) >= 11 is 0. The summed E-state index contributed by atoms with van der Waals surface area (Å²) in [5.41, 5.74) is 8.96. The van der Waals surface area contributed by atoms with Crippen molar-refractivity contribution in [3.05, 3.63) is 146 Å². The second-order valence-electron chi connectivity index (χ2n) is 11.9. The molecular weight excluding hydrogens is 977 g/mol. The van der Waals surface area contributed by atoms with E-state index in [1.165, 1.54) is 0 Å². The van der Waals surface area contributed by atoms with E-state index in [-0.39, 0.29) is 19.5 Å².